The highest BCUT2D eigenvalue weighted by atomic mass is 16.5. The van der Waals surface area contributed by atoms with Gasteiger partial charge in [-0.25, -0.2) is 19.2 Å². The zero-order valence-corrected chi connectivity index (χ0v) is 19.9. The molecule has 0 aliphatic carbocycles. The van der Waals surface area contributed by atoms with Gasteiger partial charge in [0.05, 0.1) is 49.4 Å². The first-order valence-electron chi connectivity index (χ1n) is 10.7. The number of esters is 2. The van der Waals surface area contributed by atoms with Crippen LogP contribution in [0, 0.1) is 0 Å². The van der Waals surface area contributed by atoms with E-state index in [1.165, 1.54) is 0 Å². The highest BCUT2D eigenvalue weighted by molar-refractivity contribution is 5.84. The Hall–Kier alpha value is -5.12. The van der Waals surface area contributed by atoms with E-state index in [0.29, 0.717) is 11.5 Å². The van der Waals surface area contributed by atoms with Gasteiger partial charge < -0.3 is 29.2 Å². The summed E-state index contributed by atoms with van der Waals surface area (Å²) in [6, 6.07) is 13.8. The lowest BCUT2D eigenvalue weighted by Crippen LogP contribution is -2.18. The summed E-state index contributed by atoms with van der Waals surface area (Å²) in [4.78, 5) is 44.3. The minimum Gasteiger partial charge on any atom is -0.478 e. The Kier molecular flexibility index (Phi) is 10.4. The molecule has 0 amide bonds. The number of carboxylic acids is 2. The van der Waals surface area contributed by atoms with Gasteiger partial charge in [-0.15, -0.1) is 0 Å². The first kappa shape index (κ1) is 28.1. The number of aliphatic carboxylic acids is 2. The Balaban J connectivity index is 1.95. The third-order valence-electron chi connectivity index (χ3n) is 4.73. The van der Waals surface area contributed by atoms with Gasteiger partial charge in [0.25, 0.3) is 0 Å². The molecule has 0 unspecified atom stereocenters. The van der Waals surface area contributed by atoms with Gasteiger partial charge in [0, 0.05) is 5.41 Å². The second-order valence-corrected chi connectivity index (χ2v) is 7.68. The van der Waals surface area contributed by atoms with E-state index in [1.807, 2.05) is 38.1 Å². The molecule has 10 heteroatoms. The summed E-state index contributed by atoms with van der Waals surface area (Å²) >= 11 is 0. The number of hydrogen-bond acceptors (Lipinski definition) is 8. The van der Waals surface area contributed by atoms with E-state index < -0.39 is 29.3 Å². The number of rotatable bonds is 12. The smallest absolute Gasteiger partial charge is 0.339 e. The van der Waals surface area contributed by atoms with E-state index in [9.17, 15) is 19.2 Å². The molecule has 0 saturated heterocycles. The topological polar surface area (TPSA) is 146 Å². The number of carbonyl (C=O) groups excluding carboxylic acids is 2. The molecular formula is C27H24O10. The van der Waals surface area contributed by atoms with Gasteiger partial charge >= 0.3 is 23.9 Å². The van der Waals surface area contributed by atoms with Crippen molar-refractivity contribution in [1.82, 2.24) is 0 Å². The van der Waals surface area contributed by atoms with Gasteiger partial charge in [-0.2, -0.15) is 0 Å². The number of carboxylic acid groups (broad SMARTS) is 2. The monoisotopic (exact) mass is 508 g/mol. The van der Waals surface area contributed by atoms with Crippen molar-refractivity contribution in [3.63, 3.8) is 0 Å². The maximum absolute atomic E-state index is 11.8. The van der Waals surface area contributed by atoms with Crippen LogP contribution in [-0.4, -0.2) is 34.1 Å². The summed E-state index contributed by atoms with van der Waals surface area (Å²) in [7, 11) is 0. The maximum atomic E-state index is 11.8. The van der Waals surface area contributed by atoms with E-state index in [2.05, 4.69) is 0 Å². The molecule has 37 heavy (non-hydrogen) atoms. The highest BCUT2D eigenvalue weighted by Crippen LogP contribution is 2.33. The van der Waals surface area contributed by atoms with E-state index >= 15 is 0 Å². The molecule has 0 saturated carbocycles. The average molecular weight is 508 g/mol. The Bertz CT molecular complexity index is 1120. The van der Waals surface area contributed by atoms with Gasteiger partial charge in [-0.3, -0.25) is 0 Å². The number of hydrogen-bond donors (Lipinski definition) is 2. The molecule has 2 N–H and O–H groups in total. The van der Waals surface area contributed by atoms with Crippen LogP contribution in [0.25, 0.3) is 0 Å². The number of ether oxygens (including phenoxy) is 4. The molecule has 0 spiro atoms. The Morgan fingerprint density at radius 2 is 0.919 bits per heavy atom. The fraction of sp³-hybridized carbons (Fsp3) is 0.111. The van der Waals surface area contributed by atoms with Gasteiger partial charge in [0.15, 0.2) is 0 Å². The largest absolute Gasteiger partial charge is 0.478 e. The molecule has 0 aromatic heterocycles. The van der Waals surface area contributed by atoms with Crippen LogP contribution >= 0.6 is 0 Å². The van der Waals surface area contributed by atoms with Crippen LogP contribution < -0.4 is 9.47 Å². The van der Waals surface area contributed by atoms with Crippen LogP contribution in [0.15, 0.2) is 97.9 Å². The lowest BCUT2D eigenvalue weighted by molar-refractivity contribution is -0.132. The molecule has 0 fully saturated rings. The van der Waals surface area contributed by atoms with Crippen molar-refractivity contribution in [3.8, 4) is 11.5 Å². The number of carbonyl (C=O) groups is 4. The summed E-state index contributed by atoms with van der Waals surface area (Å²) in [6.07, 6.45) is 7.41. The summed E-state index contributed by atoms with van der Waals surface area (Å²) in [5.41, 5.74) is 1.44. The molecule has 0 bridgehead atoms. The highest BCUT2D eigenvalue weighted by Gasteiger charge is 2.23. The lowest BCUT2D eigenvalue weighted by atomic mass is 9.78. The minimum atomic E-state index is -1.18. The predicted octanol–water partition coefficient (Wildman–Crippen LogP) is 4.08. The van der Waals surface area contributed by atoms with E-state index in [1.54, 1.807) is 24.3 Å². The van der Waals surface area contributed by atoms with Crippen molar-refractivity contribution in [2.24, 2.45) is 0 Å². The second kappa shape index (κ2) is 13.7. The third-order valence-corrected chi connectivity index (χ3v) is 4.73. The third kappa shape index (κ3) is 9.95. The van der Waals surface area contributed by atoms with Crippen molar-refractivity contribution < 1.29 is 48.3 Å². The molecule has 2 aromatic rings. The van der Waals surface area contributed by atoms with E-state index in [0.717, 1.165) is 60.5 Å². The molecule has 0 radical (unpaired) electrons. The van der Waals surface area contributed by atoms with Crippen molar-refractivity contribution in [2.75, 3.05) is 0 Å². The van der Waals surface area contributed by atoms with E-state index in [-0.39, 0.29) is 0 Å². The molecule has 10 nitrogen and oxygen atoms in total. The second-order valence-electron chi connectivity index (χ2n) is 7.68. The number of benzene rings is 2. The first-order chi connectivity index (χ1) is 17.6. The lowest BCUT2D eigenvalue weighted by Gasteiger charge is -2.26. The fourth-order valence-corrected chi connectivity index (χ4v) is 2.82. The van der Waals surface area contributed by atoms with Crippen molar-refractivity contribution in [1.29, 1.82) is 0 Å². The zero-order chi connectivity index (χ0) is 27.3. The van der Waals surface area contributed by atoms with Crippen molar-refractivity contribution in [3.05, 3.63) is 109 Å². The average Bonchev–Trinajstić information content (AvgIpc) is 2.84. The van der Waals surface area contributed by atoms with Crippen LogP contribution in [0.1, 0.15) is 25.0 Å². The quantitative estimate of drug-likeness (QED) is 0.186. The predicted molar refractivity (Wildman–Crippen MR) is 130 cm³/mol. The molecule has 2 rings (SSSR count). The molecule has 0 aliphatic heterocycles. The van der Waals surface area contributed by atoms with Crippen molar-refractivity contribution in [2.45, 2.75) is 19.3 Å². The van der Waals surface area contributed by atoms with Crippen LogP contribution in [0.3, 0.4) is 0 Å². The van der Waals surface area contributed by atoms with Gasteiger partial charge in [0.1, 0.15) is 11.5 Å². The van der Waals surface area contributed by atoms with E-state index in [4.69, 9.17) is 29.2 Å². The SMILES string of the molecule is CC(C)(c1ccc(OC(=O)C=COC=CC(=O)O)cc1)c1ccc(OC(=O)C=COC=CC(=O)O)cc1. The Labute approximate surface area is 212 Å². The van der Waals surface area contributed by atoms with Crippen molar-refractivity contribution >= 4 is 23.9 Å². The standard InChI is InChI=1S/C27H24O10/c1-27(2,19-3-7-21(8-4-19)36-25(32)13-17-34-15-11-23(28)29)20-5-9-22(10-6-20)37-26(33)14-18-35-16-12-24(30)31/h3-18H,1-2H3,(H,28,29)(H,30,31). The normalized spacial score (nSPS) is 11.7. The molecular weight excluding hydrogens is 484 g/mol. The molecule has 192 valence electrons. The van der Waals surface area contributed by atoms with Gasteiger partial charge in [0.2, 0.25) is 0 Å². The molecule has 0 atom stereocenters. The fourth-order valence-electron chi connectivity index (χ4n) is 2.82. The summed E-state index contributed by atoms with van der Waals surface area (Å²) in [6.45, 7) is 4.01. The molecule has 2 aromatic carbocycles. The van der Waals surface area contributed by atoms with Crippen LogP contribution in [-0.2, 0) is 34.1 Å². The zero-order valence-electron chi connectivity index (χ0n) is 19.9. The van der Waals surface area contributed by atoms with Gasteiger partial charge in [-0.1, -0.05) is 38.1 Å². The Morgan fingerprint density at radius 1 is 0.595 bits per heavy atom. The maximum Gasteiger partial charge on any atom is 0.339 e. The molecule has 0 aliphatic rings. The molecule has 0 heterocycles. The summed E-state index contributed by atoms with van der Waals surface area (Å²) in [5.74, 6) is -3.12. The Morgan fingerprint density at radius 3 is 1.24 bits per heavy atom. The van der Waals surface area contributed by atoms with Gasteiger partial charge in [-0.05, 0) is 35.4 Å². The van der Waals surface area contributed by atoms with Crippen LogP contribution in [0.2, 0.25) is 0 Å². The summed E-state index contributed by atoms with van der Waals surface area (Å²) < 4.78 is 19.8. The van der Waals surface area contributed by atoms with Crippen LogP contribution in [0.5, 0.6) is 11.5 Å². The summed E-state index contributed by atoms with van der Waals surface area (Å²) in [5, 5.41) is 16.9. The minimum absolute atomic E-state index is 0.313. The first-order valence-corrected chi connectivity index (χ1v) is 10.7. The van der Waals surface area contributed by atoms with Crippen LogP contribution in [0.4, 0.5) is 0 Å².